The van der Waals surface area contributed by atoms with Crippen LogP contribution in [-0.2, 0) is 4.74 Å². The van der Waals surface area contributed by atoms with Crippen molar-refractivity contribution in [1.29, 1.82) is 0 Å². The van der Waals surface area contributed by atoms with Gasteiger partial charge in [0.2, 0.25) is 0 Å². The van der Waals surface area contributed by atoms with E-state index in [9.17, 15) is 28.5 Å². The Labute approximate surface area is 151 Å². The van der Waals surface area contributed by atoms with E-state index in [-0.39, 0.29) is 22.6 Å². The van der Waals surface area contributed by atoms with Crippen LogP contribution in [0.4, 0.5) is 20.2 Å². The predicted molar refractivity (Wildman–Crippen MR) is 90.3 cm³/mol. The number of carbonyl (C=O) groups excluding carboxylic acids is 2. The van der Waals surface area contributed by atoms with E-state index in [1.54, 1.807) is 0 Å². The van der Waals surface area contributed by atoms with Gasteiger partial charge in [0, 0.05) is 30.4 Å². The Morgan fingerprint density at radius 2 is 1.85 bits per heavy atom. The average Bonchev–Trinajstić information content (AvgIpc) is 2.65. The summed E-state index contributed by atoms with van der Waals surface area (Å²) in [5, 5.41) is 13.5. The molecule has 0 heterocycles. The second-order valence-electron chi connectivity index (χ2n) is 5.14. The van der Waals surface area contributed by atoms with Crippen LogP contribution in [0.25, 0.3) is 0 Å². The topological polar surface area (TPSA) is 108 Å². The molecule has 0 aliphatic heterocycles. The number of nitro groups is 1. The fourth-order valence-corrected chi connectivity index (χ4v) is 2.15. The smallest absolute Gasteiger partial charge is 0.387 e. The largest absolute Gasteiger partial charge is 0.454 e. The number of ether oxygens (including phenoxy) is 2. The molecule has 0 saturated heterocycles. The number of ketones is 1. The molecule has 10 heteroatoms. The number of nitrogens with zero attached hydrogens (tertiary/aromatic N) is 1. The highest BCUT2D eigenvalue weighted by Gasteiger charge is 2.19. The summed E-state index contributed by atoms with van der Waals surface area (Å²) in [4.78, 5) is 34.4. The van der Waals surface area contributed by atoms with Crippen LogP contribution in [0, 0.1) is 10.1 Å². The monoisotopic (exact) mass is 380 g/mol. The summed E-state index contributed by atoms with van der Waals surface area (Å²) >= 11 is 0. The summed E-state index contributed by atoms with van der Waals surface area (Å²) in [7, 11) is 1.52. The van der Waals surface area contributed by atoms with E-state index in [0.29, 0.717) is 5.69 Å². The minimum absolute atomic E-state index is 0.0971. The van der Waals surface area contributed by atoms with Crippen LogP contribution in [0.1, 0.15) is 20.7 Å². The number of nitro benzene ring substituents is 1. The molecule has 2 rings (SSSR count). The van der Waals surface area contributed by atoms with E-state index in [1.165, 1.54) is 43.4 Å². The van der Waals surface area contributed by atoms with Crippen molar-refractivity contribution >= 4 is 23.1 Å². The van der Waals surface area contributed by atoms with Gasteiger partial charge in [0.15, 0.2) is 12.4 Å². The third kappa shape index (κ3) is 5.21. The van der Waals surface area contributed by atoms with Gasteiger partial charge in [-0.1, -0.05) is 0 Å². The fourth-order valence-electron chi connectivity index (χ4n) is 2.15. The van der Waals surface area contributed by atoms with Crippen molar-refractivity contribution in [3.63, 3.8) is 0 Å². The summed E-state index contributed by atoms with van der Waals surface area (Å²) in [5.41, 5.74) is 0.0194. The number of carbonyl (C=O) groups is 2. The number of anilines is 1. The summed E-state index contributed by atoms with van der Waals surface area (Å²) in [5.74, 6) is -1.62. The molecule has 2 aromatic carbocycles. The first-order valence-electron chi connectivity index (χ1n) is 7.53. The number of benzene rings is 2. The molecule has 142 valence electrons. The number of nitrogens with one attached hydrogen (secondary N) is 1. The Morgan fingerprint density at radius 3 is 2.41 bits per heavy atom. The molecule has 0 atom stereocenters. The van der Waals surface area contributed by atoms with Crippen molar-refractivity contribution in [2.45, 2.75) is 6.61 Å². The second kappa shape index (κ2) is 8.70. The molecule has 0 radical (unpaired) electrons. The second-order valence-corrected chi connectivity index (χ2v) is 5.14. The number of Topliss-reactive ketones (excluding diaryl/α,β-unsaturated/α-hetero) is 1. The van der Waals surface area contributed by atoms with Gasteiger partial charge in [-0.25, -0.2) is 4.79 Å². The van der Waals surface area contributed by atoms with Crippen LogP contribution in [0.2, 0.25) is 0 Å². The Balaban J connectivity index is 2.05. The number of rotatable bonds is 8. The molecule has 0 unspecified atom stereocenters. The number of hydrogen-bond acceptors (Lipinski definition) is 7. The molecule has 0 aromatic heterocycles. The van der Waals surface area contributed by atoms with Gasteiger partial charge in [0.25, 0.3) is 5.69 Å². The molecule has 27 heavy (non-hydrogen) atoms. The van der Waals surface area contributed by atoms with Crippen molar-refractivity contribution < 1.29 is 32.8 Å². The van der Waals surface area contributed by atoms with Crippen LogP contribution in [0.3, 0.4) is 0 Å². The Morgan fingerprint density at radius 1 is 1.19 bits per heavy atom. The minimum Gasteiger partial charge on any atom is -0.454 e. The maximum Gasteiger partial charge on any atom is 0.387 e. The normalized spacial score (nSPS) is 10.4. The first-order valence-corrected chi connectivity index (χ1v) is 7.53. The third-order valence-corrected chi connectivity index (χ3v) is 3.44. The minimum atomic E-state index is -2.98. The lowest BCUT2D eigenvalue weighted by molar-refractivity contribution is -0.384. The van der Waals surface area contributed by atoms with Crippen LogP contribution in [0.5, 0.6) is 5.75 Å². The van der Waals surface area contributed by atoms with Gasteiger partial charge in [-0.05, 0) is 30.3 Å². The third-order valence-electron chi connectivity index (χ3n) is 3.44. The molecule has 0 spiro atoms. The number of non-ortho nitro benzene ring substituents is 1. The van der Waals surface area contributed by atoms with Gasteiger partial charge >= 0.3 is 12.6 Å². The van der Waals surface area contributed by atoms with Gasteiger partial charge in [-0.15, -0.1) is 0 Å². The van der Waals surface area contributed by atoms with Crippen molar-refractivity contribution in [2.24, 2.45) is 0 Å². The van der Waals surface area contributed by atoms with E-state index in [2.05, 4.69) is 10.1 Å². The summed E-state index contributed by atoms with van der Waals surface area (Å²) in [6.07, 6.45) is 0. The van der Waals surface area contributed by atoms with Crippen molar-refractivity contribution in [3.8, 4) is 5.75 Å². The molecule has 0 saturated carbocycles. The van der Waals surface area contributed by atoms with E-state index < -0.39 is 29.9 Å². The molecule has 8 nitrogen and oxygen atoms in total. The number of halogens is 2. The van der Waals surface area contributed by atoms with Crippen LogP contribution in [0.15, 0.2) is 42.5 Å². The first-order chi connectivity index (χ1) is 12.8. The molecule has 0 amide bonds. The quantitative estimate of drug-likeness (QED) is 0.324. The van der Waals surface area contributed by atoms with Gasteiger partial charge in [0.1, 0.15) is 5.75 Å². The molecule has 0 aliphatic rings. The molecule has 1 N–H and O–H groups in total. The van der Waals surface area contributed by atoms with Gasteiger partial charge in [-0.2, -0.15) is 8.78 Å². The Kier molecular flexibility index (Phi) is 6.36. The maximum absolute atomic E-state index is 12.2. The lowest BCUT2D eigenvalue weighted by Crippen LogP contribution is -2.15. The zero-order valence-corrected chi connectivity index (χ0v) is 14.0. The van der Waals surface area contributed by atoms with E-state index in [0.717, 1.165) is 6.07 Å². The van der Waals surface area contributed by atoms with E-state index >= 15 is 0 Å². The molecular formula is C17H14F2N2O6. The highest BCUT2D eigenvalue weighted by atomic mass is 19.3. The lowest BCUT2D eigenvalue weighted by atomic mass is 10.1. The number of alkyl halides is 2. The van der Waals surface area contributed by atoms with Crippen molar-refractivity contribution in [2.75, 3.05) is 19.0 Å². The van der Waals surface area contributed by atoms with Gasteiger partial charge < -0.3 is 14.8 Å². The molecular weight excluding hydrogens is 366 g/mol. The summed E-state index contributed by atoms with van der Waals surface area (Å²) < 4.78 is 33.3. The molecule has 2 aromatic rings. The SMILES string of the molecule is CNc1ccc([N+](=O)[O-])cc1C(=O)OCC(=O)c1ccc(OC(F)F)cc1. The number of esters is 1. The molecule has 0 bridgehead atoms. The van der Waals surface area contributed by atoms with Crippen LogP contribution < -0.4 is 10.1 Å². The zero-order valence-electron chi connectivity index (χ0n) is 14.0. The number of hydrogen-bond donors (Lipinski definition) is 1. The highest BCUT2D eigenvalue weighted by Crippen LogP contribution is 2.23. The summed E-state index contributed by atoms with van der Waals surface area (Å²) in [6.45, 7) is -3.61. The zero-order chi connectivity index (χ0) is 20.0. The Bertz CT molecular complexity index is 855. The highest BCUT2D eigenvalue weighted by molar-refractivity contribution is 6.01. The van der Waals surface area contributed by atoms with Gasteiger partial charge in [0.05, 0.1) is 10.5 Å². The standard InChI is InChI=1S/C17H14F2N2O6/c1-20-14-7-4-11(21(24)25)8-13(14)16(23)26-9-15(22)10-2-5-12(6-3-10)27-17(18)19/h2-8,17,20H,9H2,1H3. The Hall–Kier alpha value is -3.56. The van der Waals surface area contributed by atoms with Crippen molar-refractivity contribution in [3.05, 3.63) is 63.7 Å². The van der Waals surface area contributed by atoms with Crippen LogP contribution in [-0.4, -0.2) is 36.9 Å². The lowest BCUT2D eigenvalue weighted by Gasteiger charge is -2.09. The van der Waals surface area contributed by atoms with E-state index in [4.69, 9.17) is 4.74 Å². The molecule has 0 fully saturated rings. The van der Waals surface area contributed by atoms with Crippen molar-refractivity contribution in [1.82, 2.24) is 0 Å². The average molecular weight is 380 g/mol. The first kappa shape index (κ1) is 19.8. The summed E-state index contributed by atoms with van der Waals surface area (Å²) in [6, 6.07) is 8.46. The van der Waals surface area contributed by atoms with E-state index in [1.807, 2.05) is 0 Å². The van der Waals surface area contributed by atoms with Crippen LogP contribution >= 0.6 is 0 Å². The van der Waals surface area contributed by atoms with Gasteiger partial charge in [-0.3, -0.25) is 14.9 Å². The maximum atomic E-state index is 12.2. The predicted octanol–water partition coefficient (Wildman–Crippen LogP) is 3.28. The molecule has 0 aliphatic carbocycles. The fraction of sp³-hybridized carbons (Fsp3) is 0.176.